The van der Waals surface area contributed by atoms with Gasteiger partial charge < -0.3 is 14.8 Å². The molecule has 0 saturated heterocycles. The molecular weight excluding hydrogens is 463 g/mol. The quantitative estimate of drug-likeness (QED) is 0.395. The van der Waals surface area contributed by atoms with Crippen LogP contribution in [0.15, 0.2) is 60.8 Å². The fourth-order valence-corrected chi connectivity index (χ4v) is 3.25. The largest absolute Gasteiger partial charge is 0.456 e. The van der Waals surface area contributed by atoms with E-state index in [1.165, 1.54) is 12.3 Å². The summed E-state index contributed by atoms with van der Waals surface area (Å²) in [5.41, 5.74) is 0.846. The van der Waals surface area contributed by atoms with Crippen molar-refractivity contribution in [3.8, 4) is 11.6 Å². The third-order valence-corrected chi connectivity index (χ3v) is 4.91. The van der Waals surface area contributed by atoms with Crippen molar-refractivity contribution in [3.05, 3.63) is 87.5 Å². The third-order valence-electron chi connectivity index (χ3n) is 4.47. The average molecular weight is 487 g/mol. The second kappa shape index (κ2) is 10.2. The van der Waals surface area contributed by atoms with Gasteiger partial charge in [-0.15, -0.1) is 0 Å². The molecule has 1 N–H and O–H groups in total. The standard InChI is InChI=1S/C25H24Cl2N2O4/c1-15(16-8-10-17(11-9-16)24(31)33-25(2,3)4)29-22(30)21-13-19(27)14-28-23(21)32-20-7-5-6-18(26)12-20/h5-15H,1-4H3,(H,29,30)/t15-/m0/s1. The summed E-state index contributed by atoms with van der Waals surface area (Å²) >= 11 is 12.1. The molecule has 0 unspecified atom stereocenters. The Hall–Kier alpha value is -3.09. The van der Waals surface area contributed by atoms with Crippen LogP contribution in [0.3, 0.4) is 0 Å². The molecule has 33 heavy (non-hydrogen) atoms. The number of carbonyl (C=O) groups excluding carboxylic acids is 2. The molecule has 1 aromatic heterocycles. The lowest BCUT2D eigenvalue weighted by molar-refractivity contribution is 0.00693. The summed E-state index contributed by atoms with van der Waals surface area (Å²) in [7, 11) is 0. The number of esters is 1. The van der Waals surface area contributed by atoms with Gasteiger partial charge in [0.15, 0.2) is 0 Å². The zero-order valence-corrected chi connectivity index (χ0v) is 20.2. The van der Waals surface area contributed by atoms with Crippen LogP contribution in [0.5, 0.6) is 11.6 Å². The van der Waals surface area contributed by atoms with Gasteiger partial charge in [0, 0.05) is 11.2 Å². The number of benzene rings is 2. The topological polar surface area (TPSA) is 77.5 Å². The highest BCUT2D eigenvalue weighted by Gasteiger charge is 2.20. The van der Waals surface area contributed by atoms with Crippen molar-refractivity contribution >= 4 is 35.1 Å². The number of nitrogens with zero attached hydrogens (tertiary/aromatic N) is 1. The molecule has 0 aliphatic carbocycles. The molecule has 3 aromatic rings. The van der Waals surface area contributed by atoms with Crippen LogP contribution in [0.1, 0.15) is 60.0 Å². The molecule has 8 heteroatoms. The van der Waals surface area contributed by atoms with E-state index in [1.54, 1.807) is 48.5 Å². The molecule has 0 aliphatic heterocycles. The fraction of sp³-hybridized carbons (Fsp3) is 0.240. The Morgan fingerprint density at radius 2 is 1.70 bits per heavy atom. The van der Waals surface area contributed by atoms with E-state index in [9.17, 15) is 9.59 Å². The number of amides is 1. The number of hydrogen-bond donors (Lipinski definition) is 1. The monoisotopic (exact) mass is 486 g/mol. The summed E-state index contributed by atoms with van der Waals surface area (Å²) in [6.07, 6.45) is 1.40. The minimum Gasteiger partial charge on any atom is -0.456 e. The van der Waals surface area contributed by atoms with Crippen molar-refractivity contribution in [1.29, 1.82) is 0 Å². The van der Waals surface area contributed by atoms with E-state index in [2.05, 4.69) is 10.3 Å². The molecule has 1 amide bonds. The molecular formula is C25H24Cl2N2O4. The number of rotatable bonds is 6. The lowest BCUT2D eigenvalue weighted by Crippen LogP contribution is -2.27. The van der Waals surface area contributed by atoms with Crippen LogP contribution in [0.25, 0.3) is 0 Å². The Bertz CT molecular complexity index is 1160. The Balaban J connectivity index is 1.74. The van der Waals surface area contributed by atoms with Crippen molar-refractivity contribution in [3.63, 3.8) is 0 Å². The number of halogens is 2. The van der Waals surface area contributed by atoms with Crippen molar-refractivity contribution in [2.75, 3.05) is 0 Å². The molecule has 0 fully saturated rings. The van der Waals surface area contributed by atoms with Gasteiger partial charge in [-0.2, -0.15) is 0 Å². The van der Waals surface area contributed by atoms with Crippen LogP contribution < -0.4 is 10.1 Å². The molecule has 0 bridgehead atoms. The van der Waals surface area contributed by atoms with Crippen molar-refractivity contribution in [2.24, 2.45) is 0 Å². The summed E-state index contributed by atoms with van der Waals surface area (Å²) in [4.78, 5) is 29.4. The van der Waals surface area contributed by atoms with Gasteiger partial charge in [0.25, 0.3) is 5.91 Å². The molecule has 172 valence electrons. The van der Waals surface area contributed by atoms with E-state index in [0.29, 0.717) is 21.4 Å². The maximum absolute atomic E-state index is 13.0. The second-order valence-corrected chi connectivity index (χ2v) is 9.26. The number of pyridine rings is 1. The predicted octanol–water partition coefficient (Wildman–Crippen LogP) is 6.63. The first-order valence-corrected chi connectivity index (χ1v) is 11.0. The predicted molar refractivity (Wildman–Crippen MR) is 128 cm³/mol. The van der Waals surface area contributed by atoms with E-state index in [0.717, 1.165) is 5.56 Å². The number of carbonyl (C=O) groups is 2. The van der Waals surface area contributed by atoms with Gasteiger partial charge in [-0.25, -0.2) is 9.78 Å². The lowest BCUT2D eigenvalue weighted by atomic mass is 10.1. The molecule has 6 nitrogen and oxygen atoms in total. The molecule has 1 atom stereocenters. The first kappa shape index (κ1) is 24.6. The van der Waals surface area contributed by atoms with Crippen LogP contribution in [0.2, 0.25) is 10.0 Å². The van der Waals surface area contributed by atoms with Crippen LogP contribution in [-0.4, -0.2) is 22.5 Å². The maximum Gasteiger partial charge on any atom is 0.338 e. The van der Waals surface area contributed by atoms with Crippen LogP contribution >= 0.6 is 23.2 Å². The van der Waals surface area contributed by atoms with Gasteiger partial charge in [0.1, 0.15) is 16.9 Å². The van der Waals surface area contributed by atoms with Gasteiger partial charge in [-0.3, -0.25) is 4.79 Å². The highest BCUT2D eigenvalue weighted by Crippen LogP contribution is 2.28. The summed E-state index contributed by atoms with van der Waals surface area (Å²) in [6.45, 7) is 7.26. The van der Waals surface area contributed by atoms with E-state index < -0.39 is 17.5 Å². The van der Waals surface area contributed by atoms with Crippen molar-refractivity contribution < 1.29 is 19.1 Å². The molecule has 2 aromatic carbocycles. The molecule has 0 aliphatic rings. The van der Waals surface area contributed by atoms with Crippen molar-refractivity contribution in [1.82, 2.24) is 10.3 Å². The zero-order chi connectivity index (χ0) is 24.2. The Labute approximate surface area is 202 Å². The molecule has 1 heterocycles. The highest BCUT2D eigenvalue weighted by atomic mass is 35.5. The van der Waals surface area contributed by atoms with Crippen molar-refractivity contribution in [2.45, 2.75) is 39.3 Å². The van der Waals surface area contributed by atoms with E-state index >= 15 is 0 Å². The number of hydrogen-bond acceptors (Lipinski definition) is 5. The van der Waals surface area contributed by atoms with Crippen LogP contribution in [-0.2, 0) is 4.74 Å². The average Bonchev–Trinajstić information content (AvgIpc) is 2.74. The van der Waals surface area contributed by atoms with E-state index in [-0.39, 0.29) is 17.5 Å². The number of ether oxygens (including phenoxy) is 2. The maximum atomic E-state index is 13.0. The highest BCUT2D eigenvalue weighted by molar-refractivity contribution is 6.31. The van der Waals surface area contributed by atoms with E-state index in [4.69, 9.17) is 32.7 Å². The Morgan fingerprint density at radius 3 is 2.33 bits per heavy atom. The minimum absolute atomic E-state index is 0.103. The first-order valence-electron chi connectivity index (χ1n) is 10.2. The first-order chi connectivity index (χ1) is 15.5. The molecule has 0 spiro atoms. The Morgan fingerprint density at radius 1 is 1.00 bits per heavy atom. The molecule has 3 rings (SSSR count). The number of aromatic nitrogens is 1. The summed E-state index contributed by atoms with van der Waals surface area (Å²) < 4.78 is 11.1. The SMILES string of the molecule is C[C@H](NC(=O)c1cc(Cl)cnc1Oc1cccc(Cl)c1)c1ccc(C(=O)OC(C)(C)C)cc1. The number of nitrogens with one attached hydrogen (secondary N) is 1. The van der Waals surface area contributed by atoms with Gasteiger partial charge in [0.05, 0.1) is 16.6 Å². The summed E-state index contributed by atoms with van der Waals surface area (Å²) in [5, 5.41) is 3.70. The second-order valence-electron chi connectivity index (χ2n) is 8.38. The van der Waals surface area contributed by atoms with E-state index in [1.807, 2.05) is 27.7 Å². The van der Waals surface area contributed by atoms with Gasteiger partial charge >= 0.3 is 5.97 Å². The lowest BCUT2D eigenvalue weighted by Gasteiger charge is -2.20. The normalized spacial score (nSPS) is 12.1. The van der Waals surface area contributed by atoms with Crippen LogP contribution in [0.4, 0.5) is 0 Å². The smallest absolute Gasteiger partial charge is 0.338 e. The summed E-state index contributed by atoms with van der Waals surface area (Å²) in [6, 6.07) is 14.8. The minimum atomic E-state index is -0.577. The third kappa shape index (κ3) is 6.94. The molecule has 0 saturated carbocycles. The zero-order valence-electron chi connectivity index (χ0n) is 18.7. The fourth-order valence-electron chi connectivity index (χ4n) is 2.92. The van der Waals surface area contributed by atoms with Gasteiger partial charge in [-0.1, -0.05) is 41.4 Å². The Kier molecular flexibility index (Phi) is 7.61. The van der Waals surface area contributed by atoms with Gasteiger partial charge in [-0.05, 0) is 69.7 Å². The van der Waals surface area contributed by atoms with Crippen LogP contribution in [0, 0.1) is 0 Å². The molecule has 0 radical (unpaired) electrons. The summed E-state index contributed by atoms with van der Waals surface area (Å²) in [5.74, 6) is -0.270. The van der Waals surface area contributed by atoms with Gasteiger partial charge in [0.2, 0.25) is 5.88 Å².